The third-order valence-corrected chi connectivity index (χ3v) is 3.59. The fourth-order valence-electron chi connectivity index (χ4n) is 2.72. The average Bonchev–Trinajstić information content (AvgIpc) is 2.63. The van der Waals surface area contributed by atoms with Crippen molar-refractivity contribution in [1.82, 2.24) is 9.80 Å². The van der Waals surface area contributed by atoms with Crippen molar-refractivity contribution in [3.8, 4) is 0 Å². The van der Waals surface area contributed by atoms with Crippen LogP contribution in [-0.4, -0.2) is 49.1 Å². The first-order chi connectivity index (χ1) is 6.81. The monoisotopic (exact) mass is 198 g/mol. The fourth-order valence-corrected chi connectivity index (χ4v) is 2.72. The molecule has 2 aliphatic heterocycles. The van der Waals surface area contributed by atoms with Gasteiger partial charge < -0.3 is 4.90 Å². The SMILES string of the molecule is CC.CCC1CCN2CCN(C)CC12. The van der Waals surface area contributed by atoms with Gasteiger partial charge in [0.25, 0.3) is 0 Å². The van der Waals surface area contributed by atoms with E-state index in [1.807, 2.05) is 13.8 Å². The van der Waals surface area contributed by atoms with E-state index in [1.54, 1.807) is 0 Å². The Morgan fingerprint density at radius 1 is 1.14 bits per heavy atom. The minimum absolute atomic E-state index is 0.883. The molecule has 2 saturated heterocycles. The topological polar surface area (TPSA) is 6.48 Å². The molecule has 0 spiro atoms. The highest BCUT2D eigenvalue weighted by Gasteiger charge is 2.35. The van der Waals surface area contributed by atoms with Crippen LogP contribution in [0.4, 0.5) is 0 Å². The lowest BCUT2D eigenvalue weighted by atomic mass is 9.96. The van der Waals surface area contributed by atoms with Crippen LogP contribution < -0.4 is 0 Å². The predicted molar refractivity (Wildman–Crippen MR) is 62.6 cm³/mol. The van der Waals surface area contributed by atoms with Gasteiger partial charge >= 0.3 is 0 Å². The van der Waals surface area contributed by atoms with Crippen molar-refractivity contribution in [2.75, 3.05) is 33.2 Å². The molecule has 0 bridgehead atoms. The average molecular weight is 198 g/mol. The van der Waals surface area contributed by atoms with E-state index >= 15 is 0 Å². The standard InChI is InChI=1S/C10H20N2.C2H6/c1-3-9-4-5-12-7-6-11(2)8-10(9)12;1-2/h9-10H,3-8H2,1-2H3;1-2H3. The maximum atomic E-state index is 2.69. The number of hydrogen-bond acceptors (Lipinski definition) is 2. The van der Waals surface area contributed by atoms with Crippen LogP contribution in [0.3, 0.4) is 0 Å². The number of likely N-dealkylation sites (N-methyl/N-ethyl adjacent to an activating group) is 1. The van der Waals surface area contributed by atoms with Gasteiger partial charge in [0, 0.05) is 25.7 Å². The van der Waals surface area contributed by atoms with Crippen LogP contribution in [0.25, 0.3) is 0 Å². The molecule has 0 saturated carbocycles. The number of nitrogens with zero attached hydrogens (tertiary/aromatic N) is 2. The zero-order chi connectivity index (χ0) is 10.6. The van der Waals surface area contributed by atoms with E-state index in [1.165, 1.54) is 39.0 Å². The largest absolute Gasteiger partial charge is 0.304 e. The third kappa shape index (κ3) is 2.48. The minimum atomic E-state index is 0.883. The highest BCUT2D eigenvalue weighted by Crippen LogP contribution is 2.29. The van der Waals surface area contributed by atoms with Crippen molar-refractivity contribution in [2.45, 2.75) is 39.7 Å². The molecule has 0 aromatic carbocycles. The molecule has 0 aliphatic carbocycles. The molecule has 2 heterocycles. The van der Waals surface area contributed by atoms with Crippen LogP contribution in [0.15, 0.2) is 0 Å². The van der Waals surface area contributed by atoms with Crippen LogP contribution >= 0.6 is 0 Å². The van der Waals surface area contributed by atoms with Gasteiger partial charge in [0.2, 0.25) is 0 Å². The Bertz CT molecular complexity index is 152. The zero-order valence-electron chi connectivity index (χ0n) is 10.3. The first-order valence-corrected chi connectivity index (χ1v) is 6.24. The van der Waals surface area contributed by atoms with Crippen molar-refractivity contribution < 1.29 is 0 Å². The van der Waals surface area contributed by atoms with Crippen molar-refractivity contribution in [2.24, 2.45) is 5.92 Å². The Kier molecular flexibility index (Phi) is 4.90. The molecule has 2 atom stereocenters. The highest BCUT2D eigenvalue weighted by atomic mass is 15.3. The van der Waals surface area contributed by atoms with E-state index in [0.29, 0.717) is 0 Å². The van der Waals surface area contributed by atoms with Crippen molar-refractivity contribution in [3.05, 3.63) is 0 Å². The highest BCUT2D eigenvalue weighted by molar-refractivity contribution is 4.91. The van der Waals surface area contributed by atoms with E-state index in [-0.39, 0.29) is 0 Å². The molecule has 84 valence electrons. The van der Waals surface area contributed by atoms with Gasteiger partial charge in [-0.05, 0) is 25.9 Å². The Morgan fingerprint density at radius 2 is 1.86 bits per heavy atom. The van der Waals surface area contributed by atoms with E-state index in [0.717, 1.165) is 12.0 Å². The summed E-state index contributed by atoms with van der Waals surface area (Å²) in [5.41, 5.74) is 0. The summed E-state index contributed by atoms with van der Waals surface area (Å²) in [7, 11) is 2.25. The predicted octanol–water partition coefficient (Wildman–Crippen LogP) is 2.06. The van der Waals surface area contributed by atoms with Gasteiger partial charge in [-0.15, -0.1) is 0 Å². The normalized spacial score (nSPS) is 33.4. The molecule has 2 rings (SSSR count). The van der Waals surface area contributed by atoms with Crippen molar-refractivity contribution in [1.29, 1.82) is 0 Å². The van der Waals surface area contributed by atoms with Crippen LogP contribution in [0.5, 0.6) is 0 Å². The van der Waals surface area contributed by atoms with Crippen LogP contribution in [0.1, 0.15) is 33.6 Å². The third-order valence-electron chi connectivity index (χ3n) is 3.59. The first kappa shape index (κ1) is 12.0. The molecule has 2 fully saturated rings. The summed E-state index contributed by atoms with van der Waals surface area (Å²) in [6, 6.07) is 0.883. The summed E-state index contributed by atoms with van der Waals surface area (Å²) in [4.78, 5) is 5.17. The molecule has 2 nitrogen and oxygen atoms in total. The van der Waals surface area contributed by atoms with Crippen molar-refractivity contribution in [3.63, 3.8) is 0 Å². The van der Waals surface area contributed by atoms with Gasteiger partial charge in [0.05, 0.1) is 0 Å². The van der Waals surface area contributed by atoms with Crippen LogP contribution in [0, 0.1) is 5.92 Å². The second-order valence-electron chi connectivity index (χ2n) is 4.32. The number of fused-ring (bicyclic) bond motifs is 1. The molecule has 0 aromatic rings. The smallest absolute Gasteiger partial charge is 0.0252 e. The molecule has 0 N–H and O–H groups in total. The van der Waals surface area contributed by atoms with E-state index < -0.39 is 0 Å². The van der Waals surface area contributed by atoms with Gasteiger partial charge in [-0.1, -0.05) is 27.2 Å². The van der Waals surface area contributed by atoms with Gasteiger partial charge in [-0.3, -0.25) is 4.90 Å². The molecule has 2 aliphatic rings. The minimum Gasteiger partial charge on any atom is -0.304 e. The molecule has 0 radical (unpaired) electrons. The maximum Gasteiger partial charge on any atom is 0.0252 e. The van der Waals surface area contributed by atoms with Crippen LogP contribution in [0.2, 0.25) is 0 Å². The lowest BCUT2D eigenvalue weighted by Crippen LogP contribution is -2.50. The summed E-state index contributed by atoms with van der Waals surface area (Å²) in [6.45, 7) is 11.6. The van der Waals surface area contributed by atoms with Crippen molar-refractivity contribution >= 4 is 0 Å². The molecular weight excluding hydrogens is 172 g/mol. The summed E-state index contributed by atoms with van der Waals surface area (Å²) in [6.07, 6.45) is 2.81. The lowest BCUT2D eigenvalue weighted by molar-refractivity contribution is 0.105. The number of rotatable bonds is 1. The summed E-state index contributed by atoms with van der Waals surface area (Å²) in [5, 5.41) is 0. The quantitative estimate of drug-likeness (QED) is 0.636. The molecule has 0 aromatic heterocycles. The molecule has 0 amide bonds. The molecule has 14 heavy (non-hydrogen) atoms. The Labute approximate surface area is 89.3 Å². The second kappa shape index (κ2) is 5.72. The Hall–Kier alpha value is -0.0800. The van der Waals surface area contributed by atoms with Gasteiger partial charge in [-0.25, -0.2) is 0 Å². The number of piperazine rings is 1. The number of hydrogen-bond donors (Lipinski definition) is 0. The second-order valence-corrected chi connectivity index (χ2v) is 4.32. The van der Waals surface area contributed by atoms with E-state index in [4.69, 9.17) is 0 Å². The van der Waals surface area contributed by atoms with Gasteiger partial charge in [0.1, 0.15) is 0 Å². The Morgan fingerprint density at radius 3 is 2.50 bits per heavy atom. The lowest BCUT2D eigenvalue weighted by Gasteiger charge is -2.37. The zero-order valence-corrected chi connectivity index (χ0v) is 10.3. The summed E-state index contributed by atoms with van der Waals surface area (Å²) in [5.74, 6) is 0.979. The summed E-state index contributed by atoms with van der Waals surface area (Å²) >= 11 is 0. The van der Waals surface area contributed by atoms with Gasteiger partial charge in [-0.2, -0.15) is 0 Å². The Balaban J connectivity index is 0.000000461. The van der Waals surface area contributed by atoms with Gasteiger partial charge in [0.15, 0.2) is 0 Å². The van der Waals surface area contributed by atoms with Crippen LogP contribution in [-0.2, 0) is 0 Å². The molecular formula is C12H26N2. The molecule has 2 heteroatoms. The molecule has 2 unspecified atom stereocenters. The fraction of sp³-hybridized carbons (Fsp3) is 1.00. The van der Waals surface area contributed by atoms with E-state index in [9.17, 15) is 0 Å². The van der Waals surface area contributed by atoms with E-state index in [2.05, 4.69) is 23.8 Å². The maximum absolute atomic E-state index is 2.69. The summed E-state index contributed by atoms with van der Waals surface area (Å²) < 4.78 is 0. The first-order valence-electron chi connectivity index (χ1n) is 6.24.